The highest BCUT2D eigenvalue weighted by atomic mass is 16.5. The molecule has 2 N–H and O–H groups in total. The number of aliphatic carboxylic acids is 1. The number of carboxylic acid groups (broad SMARTS) is 1. The lowest BCUT2D eigenvalue weighted by Gasteiger charge is -2.18. The number of hydrogen-bond acceptors (Lipinski definition) is 4. The summed E-state index contributed by atoms with van der Waals surface area (Å²) in [5, 5.41) is 11.1. The molecule has 56 heavy (non-hydrogen) atoms. The fourth-order valence-electron chi connectivity index (χ4n) is 6.22. The number of carboxylic acids is 1. The third-order valence-electron chi connectivity index (χ3n) is 9.55. The van der Waals surface area contributed by atoms with Crippen LogP contribution in [0.25, 0.3) is 0 Å². The lowest BCUT2D eigenvalue weighted by molar-refractivity contribution is -0.150. The number of carbonyl (C=O) groups is 3. The van der Waals surface area contributed by atoms with Gasteiger partial charge in [0.05, 0.1) is 0 Å². The summed E-state index contributed by atoms with van der Waals surface area (Å²) in [7, 11) is 0. The van der Waals surface area contributed by atoms with E-state index < -0.39 is 5.97 Å². The van der Waals surface area contributed by atoms with E-state index in [4.69, 9.17) is 9.84 Å². The van der Waals surface area contributed by atoms with Crippen LogP contribution in [0.5, 0.6) is 0 Å². The second-order valence-electron chi connectivity index (χ2n) is 14.9. The van der Waals surface area contributed by atoms with Gasteiger partial charge in [-0.2, -0.15) is 0 Å². The van der Waals surface area contributed by atoms with E-state index in [2.05, 4.69) is 104 Å². The molecule has 0 rings (SSSR count). The van der Waals surface area contributed by atoms with Crippen molar-refractivity contribution in [3.63, 3.8) is 0 Å². The molecule has 0 aromatic carbocycles. The van der Waals surface area contributed by atoms with Gasteiger partial charge >= 0.3 is 11.9 Å². The molecule has 0 aromatic heterocycles. The first-order chi connectivity index (χ1) is 27.5. The molecular weight excluding hydrogens is 695 g/mol. The number of esters is 1. The molecule has 0 spiro atoms. The minimum absolute atomic E-state index is 0.0286. The molecule has 318 valence electrons. The van der Waals surface area contributed by atoms with E-state index in [1.165, 1.54) is 57.8 Å². The minimum Gasteiger partial charge on any atom is -0.480 e. The van der Waals surface area contributed by atoms with Crippen molar-refractivity contribution in [3.05, 3.63) is 85.1 Å². The standard InChI is InChI=1S/C50H83NO5/c1-3-5-7-9-11-13-15-16-17-18-19-20-21-22-23-24-25-26-28-30-32-37-41-45-50(55)56-47(42-38-34-31-29-27-14-12-10-8-6-4-2)43-39-35-33-36-40-44-48(52)51-46-49(53)54/h5,7,11-14,16-17,19-20,22-23,29,31,47H,3-4,6,8-10,15,18,21,24-28,30,32-46H2,1-2H3,(H,51,52)(H,53,54)/b7-5-,13-11-,14-12-,17-16-,20-19-,23-22-,31-29-. The summed E-state index contributed by atoms with van der Waals surface area (Å²) in [6.45, 7) is 4.07. The lowest BCUT2D eigenvalue weighted by atomic mass is 10.0. The Morgan fingerprint density at radius 3 is 1.41 bits per heavy atom. The van der Waals surface area contributed by atoms with Gasteiger partial charge in [0, 0.05) is 12.8 Å². The maximum Gasteiger partial charge on any atom is 0.322 e. The number of carbonyl (C=O) groups excluding carboxylic acids is 2. The molecule has 0 aliphatic heterocycles. The SMILES string of the molecule is CC/C=C\C/C=C\C/C=C\C/C=C\C/C=C\CCCCCCCCCC(=O)OC(CCC/C=C\C/C=C\CCCCC)CCCCCCCC(=O)NCC(=O)O. The fourth-order valence-corrected chi connectivity index (χ4v) is 6.22. The van der Waals surface area contributed by atoms with Crippen LogP contribution in [0.3, 0.4) is 0 Å². The predicted octanol–water partition coefficient (Wildman–Crippen LogP) is 14.3. The van der Waals surface area contributed by atoms with Crippen molar-refractivity contribution in [2.45, 2.75) is 206 Å². The lowest BCUT2D eigenvalue weighted by Crippen LogP contribution is -2.28. The van der Waals surface area contributed by atoms with Crippen molar-refractivity contribution in [1.82, 2.24) is 5.32 Å². The molecule has 0 saturated heterocycles. The smallest absolute Gasteiger partial charge is 0.322 e. The van der Waals surface area contributed by atoms with Crippen LogP contribution >= 0.6 is 0 Å². The summed E-state index contributed by atoms with van der Waals surface area (Å²) in [6, 6.07) is 0. The third-order valence-corrected chi connectivity index (χ3v) is 9.55. The summed E-state index contributed by atoms with van der Waals surface area (Å²) < 4.78 is 6.00. The normalized spacial score (nSPS) is 12.9. The summed E-state index contributed by atoms with van der Waals surface area (Å²) in [5.41, 5.74) is 0. The number of ether oxygens (including phenoxy) is 1. The first kappa shape index (κ1) is 52.6. The van der Waals surface area contributed by atoms with E-state index >= 15 is 0 Å². The van der Waals surface area contributed by atoms with E-state index in [9.17, 15) is 14.4 Å². The number of nitrogens with one attached hydrogen (secondary N) is 1. The second-order valence-corrected chi connectivity index (χ2v) is 14.9. The predicted molar refractivity (Wildman–Crippen MR) is 240 cm³/mol. The molecule has 0 aromatic rings. The minimum atomic E-state index is -1.02. The molecule has 1 unspecified atom stereocenters. The number of unbranched alkanes of at least 4 members (excludes halogenated alkanes) is 15. The van der Waals surface area contributed by atoms with Crippen LogP contribution in [-0.2, 0) is 19.1 Å². The Kier molecular flexibility index (Phi) is 41.6. The summed E-state index contributed by atoms with van der Waals surface area (Å²) in [6.07, 6.45) is 61.4. The highest BCUT2D eigenvalue weighted by Gasteiger charge is 2.14. The maximum absolute atomic E-state index is 12.8. The largest absolute Gasteiger partial charge is 0.480 e. The van der Waals surface area contributed by atoms with Crippen LogP contribution in [-0.4, -0.2) is 35.6 Å². The fraction of sp³-hybridized carbons (Fsp3) is 0.660. The van der Waals surface area contributed by atoms with Gasteiger partial charge in [0.2, 0.25) is 5.91 Å². The van der Waals surface area contributed by atoms with Gasteiger partial charge in [0.25, 0.3) is 0 Å². The molecular formula is C50H83NO5. The monoisotopic (exact) mass is 778 g/mol. The van der Waals surface area contributed by atoms with Gasteiger partial charge in [-0.05, 0) is 109 Å². The van der Waals surface area contributed by atoms with Crippen molar-refractivity contribution in [2.24, 2.45) is 0 Å². The van der Waals surface area contributed by atoms with Crippen LogP contribution < -0.4 is 5.32 Å². The zero-order chi connectivity index (χ0) is 40.8. The first-order valence-electron chi connectivity index (χ1n) is 22.7. The molecule has 0 heterocycles. The average Bonchev–Trinajstić information content (AvgIpc) is 3.18. The van der Waals surface area contributed by atoms with Gasteiger partial charge in [-0.25, -0.2) is 0 Å². The van der Waals surface area contributed by atoms with Gasteiger partial charge in [-0.1, -0.05) is 163 Å². The average molecular weight is 778 g/mol. The Bertz CT molecular complexity index is 1130. The zero-order valence-electron chi connectivity index (χ0n) is 36.0. The summed E-state index contributed by atoms with van der Waals surface area (Å²) in [4.78, 5) is 35.1. The van der Waals surface area contributed by atoms with Crippen molar-refractivity contribution in [2.75, 3.05) is 6.54 Å². The molecule has 6 heteroatoms. The Labute approximate surface area is 344 Å². The highest BCUT2D eigenvalue weighted by Crippen LogP contribution is 2.18. The van der Waals surface area contributed by atoms with E-state index in [-0.39, 0.29) is 24.5 Å². The van der Waals surface area contributed by atoms with Crippen molar-refractivity contribution in [3.8, 4) is 0 Å². The highest BCUT2D eigenvalue weighted by molar-refractivity contribution is 5.80. The van der Waals surface area contributed by atoms with Gasteiger partial charge in [0.15, 0.2) is 0 Å². The Hall–Kier alpha value is -3.41. The third kappa shape index (κ3) is 43.3. The topological polar surface area (TPSA) is 92.7 Å². The van der Waals surface area contributed by atoms with E-state index in [1.54, 1.807) is 0 Å². The number of hydrogen-bond donors (Lipinski definition) is 2. The quantitative estimate of drug-likeness (QED) is 0.0367. The van der Waals surface area contributed by atoms with Gasteiger partial charge in [0.1, 0.15) is 12.6 Å². The van der Waals surface area contributed by atoms with Crippen LogP contribution in [0.2, 0.25) is 0 Å². The Morgan fingerprint density at radius 2 is 0.893 bits per heavy atom. The van der Waals surface area contributed by atoms with Crippen LogP contribution in [0, 0.1) is 0 Å². The van der Waals surface area contributed by atoms with Crippen molar-refractivity contribution >= 4 is 17.8 Å². The van der Waals surface area contributed by atoms with Crippen LogP contribution in [0.1, 0.15) is 200 Å². The molecule has 1 atom stereocenters. The molecule has 0 radical (unpaired) electrons. The molecule has 0 aliphatic carbocycles. The van der Waals surface area contributed by atoms with Gasteiger partial charge in [-0.15, -0.1) is 0 Å². The van der Waals surface area contributed by atoms with Crippen molar-refractivity contribution < 1.29 is 24.2 Å². The maximum atomic E-state index is 12.8. The molecule has 0 fully saturated rings. The van der Waals surface area contributed by atoms with Crippen LogP contribution in [0.4, 0.5) is 0 Å². The summed E-state index contributed by atoms with van der Waals surface area (Å²) >= 11 is 0. The molecule has 1 amide bonds. The Balaban J connectivity index is 4.16. The van der Waals surface area contributed by atoms with Gasteiger partial charge < -0.3 is 15.2 Å². The van der Waals surface area contributed by atoms with Gasteiger partial charge in [-0.3, -0.25) is 14.4 Å². The Morgan fingerprint density at radius 1 is 0.482 bits per heavy atom. The van der Waals surface area contributed by atoms with E-state index in [0.29, 0.717) is 12.8 Å². The molecule has 6 nitrogen and oxygen atoms in total. The number of rotatable bonds is 40. The number of allylic oxidation sites excluding steroid dienone is 14. The molecule has 0 bridgehead atoms. The molecule has 0 saturated carbocycles. The van der Waals surface area contributed by atoms with Crippen molar-refractivity contribution in [1.29, 1.82) is 0 Å². The number of amides is 1. The molecule has 0 aliphatic rings. The summed E-state index contributed by atoms with van der Waals surface area (Å²) in [5.74, 6) is -1.28. The van der Waals surface area contributed by atoms with Crippen LogP contribution in [0.15, 0.2) is 85.1 Å². The second kappa shape index (κ2) is 44.3. The first-order valence-corrected chi connectivity index (χ1v) is 22.7. The van der Waals surface area contributed by atoms with E-state index in [1.807, 2.05) is 0 Å². The van der Waals surface area contributed by atoms with E-state index in [0.717, 1.165) is 116 Å². The zero-order valence-corrected chi connectivity index (χ0v) is 36.0.